The highest BCUT2D eigenvalue weighted by Crippen LogP contribution is 2.26. The molecule has 154 valence electrons. The molecule has 1 saturated heterocycles. The molecular formula is C23H22ClN3O3. The Morgan fingerprint density at radius 2 is 1.83 bits per heavy atom. The van der Waals surface area contributed by atoms with Crippen LogP contribution in [0.4, 0.5) is 0 Å². The molecule has 1 atom stereocenters. The molecule has 0 spiro atoms. The molecule has 3 aromatic rings. The number of aromatic nitrogens is 1. The van der Waals surface area contributed by atoms with Gasteiger partial charge in [-0.2, -0.15) is 0 Å². The van der Waals surface area contributed by atoms with E-state index >= 15 is 0 Å². The van der Waals surface area contributed by atoms with E-state index in [1.54, 1.807) is 29.4 Å². The number of amides is 2. The van der Waals surface area contributed by atoms with E-state index in [4.69, 9.17) is 16.0 Å². The third kappa shape index (κ3) is 4.54. The van der Waals surface area contributed by atoms with Crippen LogP contribution in [0.2, 0.25) is 5.02 Å². The van der Waals surface area contributed by atoms with Crippen LogP contribution in [0, 0.1) is 5.92 Å². The normalized spacial score (nSPS) is 15.6. The fraction of sp³-hybridized carbons (Fsp3) is 0.261. The summed E-state index contributed by atoms with van der Waals surface area (Å²) < 4.78 is 5.20. The lowest BCUT2D eigenvalue weighted by Crippen LogP contribution is -2.43. The van der Waals surface area contributed by atoms with Crippen molar-refractivity contribution < 1.29 is 14.0 Å². The summed E-state index contributed by atoms with van der Waals surface area (Å²) in [7, 11) is 0. The van der Waals surface area contributed by atoms with Gasteiger partial charge in [-0.15, -0.1) is 0 Å². The van der Waals surface area contributed by atoms with E-state index < -0.39 is 0 Å². The fourth-order valence-corrected chi connectivity index (χ4v) is 3.85. The van der Waals surface area contributed by atoms with E-state index in [0.717, 1.165) is 11.1 Å². The highest BCUT2D eigenvalue weighted by molar-refractivity contribution is 6.30. The first-order valence-corrected chi connectivity index (χ1v) is 10.3. The van der Waals surface area contributed by atoms with Crippen molar-refractivity contribution in [3.63, 3.8) is 0 Å². The Balaban J connectivity index is 1.43. The standard InChI is InChI=1S/C23H22ClN3O3/c24-19-7-5-16(6-8-19)21(18-3-1-11-25-15-18)26-22(28)17-9-12-27(13-10-17)23(29)20-4-2-14-30-20/h1-8,11,14-15,17,21H,9-10,12-13H2,(H,26,28). The third-order valence-corrected chi connectivity index (χ3v) is 5.64. The number of hydrogen-bond donors (Lipinski definition) is 1. The molecule has 2 aromatic heterocycles. The maximum Gasteiger partial charge on any atom is 0.289 e. The lowest BCUT2D eigenvalue weighted by Gasteiger charge is -2.32. The average molecular weight is 424 g/mol. The van der Waals surface area contributed by atoms with E-state index in [0.29, 0.717) is 36.7 Å². The molecule has 1 fully saturated rings. The smallest absolute Gasteiger partial charge is 0.289 e. The molecular weight excluding hydrogens is 402 g/mol. The van der Waals surface area contributed by atoms with Gasteiger partial charge in [0.1, 0.15) is 0 Å². The monoisotopic (exact) mass is 423 g/mol. The van der Waals surface area contributed by atoms with Gasteiger partial charge in [-0.25, -0.2) is 0 Å². The first-order chi connectivity index (χ1) is 14.6. The van der Waals surface area contributed by atoms with E-state index in [2.05, 4.69) is 10.3 Å². The third-order valence-electron chi connectivity index (χ3n) is 5.39. The van der Waals surface area contributed by atoms with Crippen LogP contribution in [0.3, 0.4) is 0 Å². The van der Waals surface area contributed by atoms with Crippen LogP contribution in [-0.2, 0) is 4.79 Å². The molecule has 0 saturated carbocycles. The van der Waals surface area contributed by atoms with Gasteiger partial charge < -0.3 is 14.6 Å². The van der Waals surface area contributed by atoms with Crippen molar-refractivity contribution in [3.05, 3.63) is 89.1 Å². The van der Waals surface area contributed by atoms with Crippen molar-refractivity contribution in [2.75, 3.05) is 13.1 Å². The number of rotatable bonds is 5. The van der Waals surface area contributed by atoms with Gasteiger partial charge in [-0.3, -0.25) is 14.6 Å². The summed E-state index contributed by atoms with van der Waals surface area (Å²) in [5, 5.41) is 3.81. The van der Waals surface area contributed by atoms with Gasteiger partial charge >= 0.3 is 0 Å². The van der Waals surface area contributed by atoms with Gasteiger partial charge in [0.15, 0.2) is 5.76 Å². The zero-order valence-corrected chi connectivity index (χ0v) is 17.1. The summed E-state index contributed by atoms with van der Waals surface area (Å²) in [6.07, 6.45) is 6.17. The molecule has 1 aliphatic heterocycles. The second-order valence-electron chi connectivity index (χ2n) is 7.32. The topological polar surface area (TPSA) is 75.4 Å². The zero-order chi connectivity index (χ0) is 20.9. The van der Waals surface area contributed by atoms with Gasteiger partial charge in [0.2, 0.25) is 5.91 Å². The van der Waals surface area contributed by atoms with Crippen molar-refractivity contribution in [1.82, 2.24) is 15.2 Å². The molecule has 0 radical (unpaired) electrons. The van der Waals surface area contributed by atoms with Crippen LogP contribution < -0.4 is 5.32 Å². The Morgan fingerprint density at radius 3 is 2.47 bits per heavy atom. The SMILES string of the molecule is O=C(NC(c1ccc(Cl)cc1)c1cccnc1)C1CCN(C(=O)c2ccco2)CC1. The van der Waals surface area contributed by atoms with Crippen molar-refractivity contribution in [3.8, 4) is 0 Å². The number of likely N-dealkylation sites (tertiary alicyclic amines) is 1. The summed E-state index contributed by atoms with van der Waals surface area (Å²) in [5.74, 6) is 0.0200. The first-order valence-electron chi connectivity index (χ1n) is 9.90. The predicted molar refractivity (Wildman–Crippen MR) is 113 cm³/mol. The van der Waals surface area contributed by atoms with E-state index in [1.165, 1.54) is 6.26 Å². The molecule has 1 aliphatic rings. The number of nitrogens with one attached hydrogen (secondary N) is 1. The number of pyridine rings is 1. The van der Waals surface area contributed by atoms with Crippen LogP contribution in [0.15, 0.2) is 71.6 Å². The minimum Gasteiger partial charge on any atom is -0.459 e. The first kappa shape index (κ1) is 20.2. The Hall–Kier alpha value is -3.12. The Labute approximate surface area is 179 Å². The number of furan rings is 1. The largest absolute Gasteiger partial charge is 0.459 e. The van der Waals surface area contributed by atoms with E-state index in [-0.39, 0.29) is 23.8 Å². The van der Waals surface area contributed by atoms with Gasteiger partial charge in [-0.05, 0) is 54.3 Å². The van der Waals surface area contributed by atoms with Crippen LogP contribution >= 0.6 is 11.6 Å². The van der Waals surface area contributed by atoms with Crippen LogP contribution in [0.25, 0.3) is 0 Å². The van der Waals surface area contributed by atoms with Crippen molar-refractivity contribution in [2.45, 2.75) is 18.9 Å². The number of carbonyl (C=O) groups excluding carboxylic acids is 2. The lowest BCUT2D eigenvalue weighted by atomic mass is 9.93. The summed E-state index contributed by atoms with van der Waals surface area (Å²) in [5.41, 5.74) is 1.84. The highest BCUT2D eigenvalue weighted by atomic mass is 35.5. The van der Waals surface area contributed by atoms with Crippen LogP contribution in [0.5, 0.6) is 0 Å². The summed E-state index contributed by atoms with van der Waals surface area (Å²) in [4.78, 5) is 31.4. The Bertz CT molecular complexity index is 982. The van der Waals surface area contributed by atoms with E-state index in [1.807, 2.05) is 36.4 Å². The van der Waals surface area contributed by atoms with Crippen molar-refractivity contribution in [1.29, 1.82) is 0 Å². The minimum atomic E-state index is -0.314. The van der Waals surface area contributed by atoms with Crippen LogP contribution in [0.1, 0.15) is 40.6 Å². The summed E-state index contributed by atoms with van der Waals surface area (Å²) in [6, 6.07) is 14.3. The Morgan fingerprint density at radius 1 is 1.07 bits per heavy atom. The average Bonchev–Trinajstić information content (AvgIpc) is 3.33. The maximum absolute atomic E-state index is 13.0. The summed E-state index contributed by atoms with van der Waals surface area (Å²) >= 11 is 6.03. The molecule has 0 aliphatic carbocycles. The lowest BCUT2D eigenvalue weighted by molar-refractivity contribution is -0.126. The van der Waals surface area contributed by atoms with Gasteiger partial charge in [0, 0.05) is 36.4 Å². The minimum absolute atomic E-state index is 0.0242. The van der Waals surface area contributed by atoms with Crippen molar-refractivity contribution in [2.24, 2.45) is 5.92 Å². The number of nitrogens with zero attached hydrogens (tertiary/aromatic N) is 2. The van der Waals surface area contributed by atoms with Crippen molar-refractivity contribution >= 4 is 23.4 Å². The molecule has 1 unspecified atom stereocenters. The number of piperidine rings is 1. The number of carbonyl (C=O) groups is 2. The molecule has 3 heterocycles. The molecule has 7 heteroatoms. The Kier molecular flexibility index (Phi) is 6.14. The van der Waals surface area contributed by atoms with Gasteiger partial charge in [0.05, 0.1) is 12.3 Å². The van der Waals surface area contributed by atoms with Crippen LogP contribution in [-0.4, -0.2) is 34.8 Å². The highest BCUT2D eigenvalue weighted by Gasteiger charge is 2.30. The molecule has 30 heavy (non-hydrogen) atoms. The molecule has 0 bridgehead atoms. The molecule has 1 N–H and O–H groups in total. The fourth-order valence-electron chi connectivity index (χ4n) is 3.72. The predicted octanol–water partition coefficient (Wildman–Crippen LogP) is 4.09. The number of benzene rings is 1. The molecule has 4 rings (SSSR count). The second-order valence-corrected chi connectivity index (χ2v) is 7.76. The van der Waals surface area contributed by atoms with E-state index in [9.17, 15) is 9.59 Å². The number of hydrogen-bond acceptors (Lipinski definition) is 4. The quantitative estimate of drug-likeness (QED) is 0.670. The second kappa shape index (κ2) is 9.13. The van der Waals surface area contributed by atoms with Gasteiger partial charge in [-0.1, -0.05) is 29.8 Å². The molecule has 1 aromatic carbocycles. The van der Waals surface area contributed by atoms with Gasteiger partial charge in [0.25, 0.3) is 5.91 Å². The number of halogens is 1. The maximum atomic E-state index is 13.0. The molecule has 6 nitrogen and oxygen atoms in total. The zero-order valence-electron chi connectivity index (χ0n) is 16.3. The summed E-state index contributed by atoms with van der Waals surface area (Å²) in [6.45, 7) is 1.05. The molecule has 2 amide bonds.